The number of nitrogens with zero attached hydrogens (tertiary/aromatic N) is 3. The third-order valence-corrected chi connectivity index (χ3v) is 5.72. The van der Waals surface area contributed by atoms with Crippen molar-refractivity contribution in [2.24, 2.45) is 10.2 Å². The van der Waals surface area contributed by atoms with Crippen molar-refractivity contribution >= 4 is 29.0 Å². The van der Waals surface area contributed by atoms with Gasteiger partial charge in [0.15, 0.2) is 5.71 Å². The summed E-state index contributed by atoms with van der Waals surface area (Å²) < 4.78 is 0. The molecular weight excluding hydrogens is 432 g/mol. The van der Waals surface area contributed by atoms with E-state index in [4.69, 9.17) is 0 Å². The molecule has 0 atom stereocenters. The Morgan fingerprint density at radius 2 is 1.79 bits per heavy atom. The molecule has 1 aliphatic heterocycles. The molecule has 0 aromatic heterocycles. The van der Waals surface area contributed by atoms with Crippen molar-refractivity contribution in [3.8, 4) is 16.9 Å². The normalized spacial score (nSPS) is 14.4. The number of phenolic OH excluding ortho intramolecular Hbond substituents is 1. The van der Waals surface area contributed by atoms with Crippen LogP contribution in [0.3, 0.4) is 0 Å². The second-order valence-electron chi connectivity index (χ2n) is 8.07. The summed E-state index contributed by atoms with van der Waals surface area (Å²) in [6.07, 6.45) is 0. The van der Waals surface area contributed by atoms with E-state index in [-0.39, 0.29) is 29.5 Å². The van der Waals surface area contributed by atoms with Gasteiger partial charge >= 0.3 is 11.9 Å². The Kier molecular flexibility index (Phi) is 6.14. The monoisotopic (exact) mass is 456 g/mol. The van der Waals surface area contributed by atoms with Gasteiger partial charge < -0.3 is 15.6 Å². The fourth-order valence-corrected chi connectivity index (χ4v) is 3.65. The maximum Gasteiger partial charge on any atom is 0.335 e. The quantitative estimate of drug-likeness (QED) is 0.480. The average molecular weight is 457 g/mol. The van der Waals surface area contributed by atoms with Crippen LogP contribution in [0.5, 0.6) is 5.75 Å². The van der Waals surface area contributed by atoms with Gasteiger partial charge in [-0.05, 0) is 61.7 Å². The number of carboxylic acids is 1. The van der Waals surface area contributed by atoms with E-state index in [1.54, 1.807) is 37.3 Å². The highest BCUT2D eigenvalue weighted by atomic mass is 16.4. The Morgan fingerprint density at radius 3 is 2.53 bits per heavy atom. The molecule has 8 heteroatoms. The van der Waals surface area contributed by atoms with Crippen LogP contribution in [-0.2, 0) is 11.3 Å². The standard InChI is InChI=1S/C26H24N4O4/c1-15-10-11-21(12-16(15)2)30-25(32)23(17(3)29-30)28-27-14-20-8-5-9-22(24(20)31)18-6-4-7-19(13-18)26(33)34/h4-13,27,31H,14H2,1-3H3,(H,33,34)/b28-23-. The maximum atomic E-state index is 12.9. The Hall–Kier alpha value is -4.46. The lowest BCUT2D eigenvalue weighted by Crippen LogP contribution is -2.29. The molecule has 1 amide bonds. The first-order chi connectivity index (χ1) is 16.3. The topological polar surface area (TPSA) is 115 Å². The minimum absolute atomic E-state index is 0.0117. The SMILES string of the molecule is CC1=NN(c2ccc(C)c(C)c2)C(=O)/C1=N\NCc1cccc(-c2cccc(C(=O)O)c2)c1O. The number of carbonyl (C=O) groups is 2. The summed E-state index contributed by atoms with van der Waals surface area (Å²) >= 11 is 0. The molecule has 172 valence electrons. The van der Waals surface area contributed by atoms with Crippen molar-refractivity contribution in [3.63, 3.8) is 0 Å². The predicted molar refractivity (Wildman–Crippen MR) is 131 cm³/mol. The molecule has 0 radical (unpaired) electrons. The van der Waals surface area contributed by atoms with Gasteiger partial charge in [0.05, 0.1) is 23.5 Å². The number of phenols is 1. The Bertz CT molecular complexity index is 1360. The molecule has 0 unspecified atom stereocenters. The number of hydrogen-bond donors (Lipinski definition) is 3. The van der Waals surface area contributed by atoms with E-state index < -0.39 is 5.97 Å². The number of benzene rings is 3. The predicted octanol–water partition coefficient (Wildman–Crippen LogP) is 4.24. The number of carboxylic acid groups (broad SMARTS) is 1. The first kappa shape index (κ1) is 22.7. The maximum absolute atomic E-state index is 12.9. The van der Waals surface area contributed by atoms with Gasteiger partial charge in [0, 0.05) is 11.1 Å². The molecule has 1 aliphatic rings. The number of rotatable bonds is 6. The molecule has 0 spiro atoms. The van der Waals surface area contributed by atoms with Crippen LogP contribution >= 0.6 is 0 Å². The van der Waals surface area contributed by atoms with Gasteiger partial charge in [0.2, 0.25) is 0 Å². The van der Waals surface area contributed by atoms with Gasteiger partial charge in [-0.3, -0.25) is 4.79 Å². The third kappa shape index (κ3) is 4.38. The number of aromatic hydroxyl groups is 1. The highest BCUT2D eigenvalue weighted by Gasteiger charge is 2.30. The van der Waals surface area contributed by atoms with Crippen LogP contribution in [0.4, 0.5) is 5.69 Å². The van der Waals surface area contributed by atoms with Gasteiger partial charge in [-0.1, -0.05) is 36.4 Å². The number of aryl methyl sites for hydroxylation is 2. The summed E-state index contributed by atoms with van der Waals surface area (Å²) in [7, 11) is 0. The van der Waals surface area contributed by atoms with Crippen molar-refractivity contribution in [2.45, 2.75) is 27.3 Å². The van der Waals surface area contributed by atoms with E-state index in [1.807, 2.05) is 32.0 Å². The molecule has 8 nitrogen and oxygen atoms in total. The van der Waals surface area contributed by atoms with Crippen molar-refractivity contribution in [3.05, 3.63) is 82.9 Å². The van der Waals surface area contributed by atoms with Crippen molar-refractivity contribution in [2.75, 3.05) is 5.01 Å². The lowest BCUT2D eigenvalue weighted by atomic mass is 9.99. The number of nitrogens with one attached hydrogen (secondary N) is 1. The van der Waals surface area contributed by atoms with Crippen LogP contribution in [0.1, 0.15) is 34.0 Å². The van der Waals surface area contributed by atoms with Gasteiger partial charge in [-0.25, -0.2) is 4.79 Å². The van der Waals surface area contributed by atoms with Crippen molar-refractivity contribution in [1.82, 2.24) is 5.43 Å². The summed E-state index contributed by atoms with van der Waals surface area (Å²) in [6.45, 7) is 5.85. The molecular formula is C26H24N4O4. The molecule has 4 rings (SSSR count). The lowest BCUT2D eigenvalue weighted by Gasteiger charge is -2.13. The van der Waals surface area contributed by atoms with Crippen LogP contribution < -0.4 is 10.4 Å². The van der Waals surface area contributed by atoms with Gasteiger partial charge in [0.25, 0.3) is 0 Å². The highest BCUT2D eigenvalue weighted by molar-refractivity contribution is 6.71. The Morgan fingerprint density at radius 1 is 1.03 bits per heavy atom. The largest absolute Gasteiger partial charge is 0.507 e. The molecule has 1 heterocycles. The molecule has 34 heavy (non-hydrogen) atoms. The van der Waals surface area contributed by atoms with Crippen LogP contribution in [0.2, 0.25) is 0 Å². The van der Waals surface area contributed by atoms with Crippen LogP contribution in [-0.4, -0.2) is 33.5 Å². The second-order valence-corrected chi connectivity index (χ2v) is 8.07. The van der Waals surface area contributed by atoms with E-state index in [2.05, 4.69) is 15.6 Å². The summed E-state index contributed by atoms with van der Waals surface area (Å²) in [5.41, 5.74) is 8.17. The molecule has 3 aromatic rings. The Balaban J connectivity index is 1.52. The smallest absolute Gasteiger partial charge is 0.335 e. The van der Waals surface area contributed by atoms with Crippen LogP contribution in [0.25, 0.3) is 11.1 Å². The fourth-order valence-electron chi connectivity index (χ4n) is 3.65. The molecule has 0 fully saturated rings. The zero-order valence-corrected chi connectivity index (χ0v) is 19.0. The van der Waals surface area contributed by atoms with Gasteiger partial charge in [0.1, 0.15) is 5.75 Å². The average Bonchev–Trinajstić information content (AvgIpc) is 3.10. The third-order valence-electron chi connectivity index (χ3n) is 5.72. The lowest BCUT2D eigenvalue weighted by molar-refractivity contribution is -0.112. The number of aromatic carboxylic acids is 1. The number of hydrogen-bond acceptors (Lipinski definition) is 6. The van der Waals surface area contributed by atoms with Gasteiger partial charge in [-0.15, -0.1) is 0 Å². The minimum Gasteiger partial charge on any atom is -0.507 e. The van der Waals surface area contributed by atoms with Crippen molar-refractivity contribution < 1.29 is 19.8 Å². The van der Waals surface area contributed by atoms with Crippen molar-refractivity contribution in [1.29, 1.82) is 0 Å². The number of anilines is 1. The molecule has 0 saturated heterocycles. The molecule has 0 aliphatic carbocycles. The van der Waals surface area contributed by atoms with Crippen LogP contribution in [0.15, 0.2) is 70.9 Å². The van der Waals surface area contributed by atoms with E-state index >= 15 is 0 Å². The van der Waals surface area contributed by atoms with E-state index in [1.165, 1.54) is 17.1 Å². The summed E-state index contributed by atoms with van der Waals surface area (Å²) in [6, 6.07) is 17.3. The highest BCUT2D eigenvalue weighted by Crippen LogP contribution is 2.32. The first-order valence-corrected chi connectivity index (χ1v) is 10.7. The summed E-state index contributed by atoms with van der Waals surface area (Å²) in [5.74, 6) is -1.36. The van der Waals surface area contributed by atoms with E-state index in [9.17, 15) is 19.8 Å². The fraction of sp³-hybridized carbons (Fsp3) is 0.154. The van der Waals surface area contributed by atoms with E-state index in [0.717, 1.165) is 11.1 Å². The van der Waals surface area contributed by atoms with E-state index in [0.29, 0.717) is 28.1 Å². The van der Waals surface area contributed by atoms with Gasteiger partial charge in [-0.2, -0.15) is 15.2 Å². The minimum atomic E-state index is -1.04. The zero-order valence-electron chi connectivity index (χ0n) is 19.0. The second kappa shape index (κ2) is 9.19. The molecule has 3 N–H and O–H groups in total. The Labute approximate surface area is 196 Å². The molecule has 0 saturated carbocycles. The summed E-state index contributed by atoms with van der Waals surface area (Å²) in [4.78, 5) is 24.2. The number of para-hydroxylation sites is 1. The molecule has 3 aromatic carbocycles. The molecule has 0 bridgehead atoms. The number of amides is 1. The zero-order chi connectivity index (χ0) is 24.4. The summed E-state index contributed by atoms with van der Waals surface area (Å²) in [5, 5.41) is 29.9. The van der Waals surface area contributed by atoms with Crippen LogP contribution in [0, 0.1) is 13.8 Å². The number of carbonyl (C=O) groups excluding carboxylic acids is 1. The number of hydrazone groups is 2. The first-order valence-electron chi connectivity index (χ1n) is 10.7.